The molecule has 6 N–H and O–H groups in total. The van der Waals surface area contributed by atoms with E-state index in [4.69, 9.17) is 21.0 Å². The molecule has 0 aliphatic carbocycles. The normalized spacial score (nSPS) is 14.7. The van der Waals surface area contributed by atoms with Gasteiger partial charge in [0.25, 0.3) is 0 Å². The Hall–Kier alpha value is -3.57. The van der Waals surface area contributed by atoms with Crippen LogP contribution in [0.15, 0.2) is 46.1 Å². The fourth-order valence-electron chi connectivity index (χ4n) is 4.45. The second kappa shape index (κ2) is 8.65. The smallest absolute Gasteiger partial charge is 0.219 e. The van der Waals surface area contributed by atoms with Gasteiger partial charge in [0, 0.05) is 54.6 Å². The van der Waals surface area contributed by atoms with Crippen LogP contribution < -0.4 is 16.6 Å². The molecule has 1 aromatic carbocycles. The first-order valence-electron chi connectivity index (χ1n) is 10.8. The van der Waals surface area contributed by atoms with E-state index in [-0.39, 0.29) is 29.1 Å². The van der Waals surface area contributed by atoms with Gasteiger partial charge in [-0.05, 0) is 43.0 Å². The van der Waals surface area contributed by atoms with Crippen LogP contribution in [0.25, 0.3) is 33.4 Å². The van der Waals surface area contributed by atoms with Crippen molar-refractivity contribution in [1.82, 2.24) is 19.7 Å². The Labute approximate surface area is 199 Å². The molecule has 0 bridgehead atoms. The molecule has 1 saturated heterocycles. The van der Waals surface area contributed by atoms with Gasteiger partial charge in [0.1, 0.15) is 11.6 Å². The Morgan fingerprint density at radius 1 is 1.24 bits per heavy atom. The summed E-state index contributed by atoms with van der Waals surface area (Å²) in [5.74, 6) is 0.0514. The number of nitrogen functional groups attached to an aromatic ring is 2. The van der Waals surface area contributed by atoms with Crippen LogP contribution in [0.1, 0.15) is 25.8 Å². The third-order valence-electron chi connectivity index (χ3n) is 6.29. The Morgan fingerprint density at radius 3 is 2.71 bits per heavy atom. The van der Waals surface area contributed by atoms with Crippen LogP contribution in [-0.2, 0) is 4.79 Å². The molecule has 1 fully saturated rings. The van der Waals surface area contributed by atoms with Crippen LogP contribution in [0.2, 0.25) is 0 Å². The van der Waals surface area contributed by atoms with Gasteiger partial charge in [-0.25, -0.2) is 9.37 Å². The summed E-state index contributed by atoms with van der Waals surface area (Å²) in [4.78, 5) is 18.1. The van der Waals surface area contributed by atoms with Crippen molar-refractivity contribution in [1.29, 1.82) is 0 Å². The summed E-state index contributed by atoms with van der Waals surface area (Å²) in [5.41, 5.74) is 14.6. The summed E-state index contributed by atoms with van der Waals surface area (Å²) in [6.07, 6.45) is 7.04. The van der Waals surface area contributed by atoms with E-state index in [1.54, 1.807) is 25.4 Å². The SMILES string of the molecule is CC(=O)N1CCC(n2cc(-c3cnc(N)c4oc(-c5c(F)ccc(N)c5SN)cc34)cn2)CC1. The minimum atomic E-state index is -0.501. The van der Waals surface area contributed by atoms with Crippen molar-refractivity contribution in [2.45, 2.75) is 30.7 Å². The zero-order valence-corrected chi connectivity index (χ0v) is 19.3. The number of likely N-dealkylation sites (tertiary alicyclic amines) is 1. The van der Waals surface area contributed by atoms with Crippen LogP contribution >= 0.6 is 11.9 Å². The zero-order chi connectivity index (χ0) is 24.0. The van der Waals surface area contributed by atoms with E-state index in [1.807, 2.05) is 15.8 Å². The number of nitrogens with zero attached hydrogens (tertiary/aromatic N) is 4. The van der Waals surface area contributed by atoms with E-state index in [0.29, 0.717) is 34.6 Å². The maximum Gasteiger partial charge on any atom is 0.219 e. The van der Waals surface area contributed by atoms with E-state index in [2.05, 4.69) is 10.1 Å². The van der Waals surface area contributed by atoms with E-state index in [1.165, 1.54) is 12.1 Å². The minimum Gasteiger partial charge on any atom is -0.452 e. The first-order chi connectivity index (χ1) is 16.4. The van der Waals surface area contributed by atoms with E-state index < -0.39 is 5.82 Å². The number of amides is 1. The largest absolute Gasteiger partial charge is 0.452 e. The fraction of sp³-hybridized carbons (Fsp3) is 0.261. The number of pyridine rings is 1. The summed E-state index contributed by atoms with van der Waals surface area (Å²) in [5, 5.41) is 11.0. The number of nitrogens with two attached hydrogens (primary N) is 3. The molecule has 11 heteroatoms. The predicted octanol–water partition coefficient (Wildman–Crippen LogP) is 3.81. The van der Waals surface area contributed by atoms with Crippen LogP contribution in [-0.4, -0.2) is 38.7 Å². The van der Waals surface area contributed by atoms with E-state index in [0.717, 1.165) is 35.9 Å². The molecular weight excluding hydrogens is 457 g/mol. The lowest BCUT2D eigenvalue weighted by Gasteiger charge is -2.31. The number of carbonyl (C=O) groups is 1. The first-order valence-corrected chi connectivity index (χ1v) is 11.7. The highest BCUT2D eigenvalue weighted by atomic mass is 32.2. The number of carbonyl (C=O) groups excluding carboxylic acids is 1. The highest BCUT2D eigenvalue weighted by Gasteiger charge is 2.24. The molecule has 4 heterocycles. The van der Waals surface area contributed by atoms with Gasteiger partial charge >= 0.3 is 0 Å². The maximum atomic E-state index is 14.8. The second-order valence-corrected chi connectivity index (χ2v) is 8.96. The van der Waals surface area contributed by atoms with Crippen LogP contribution in [0.4, 0.5) is 15.9 Å². The highest BCUT2D eigenvalue weighted by Crippen LogP contribution is 2.41. The lowest BCUT2D eigenvalue weighted by atomic mass is 10.0. The average molecular weight is 482 g/mol. The molecule has 1 aliphatic heterocycles. The van der Waals surface area contributed by atoms with Gasteiger partial charge < -0.3 is 20.8 Å². The van der Waals surface area contributed by atoms with Crippen LogP contribution in [0.5, 0.6) is 0 Å². The fourth-order valence-corrected chi connectivity index (χ4v) is 4.97. The molecule has 34 heavy (non-hydrogen) atoms. The number of halogens is 1. The molecular formula is C23H24FN7O2S. The zero-order valence-electron chi connectivity index (χ0n) is 18.5. The molecule has 4 aromatic rings. The lowest BCUT2D eigenvalue weighted by Crippen LogP contribution is -2.37. The number of anilines is 2. The molecule has 5 rings (SSSR count). The van der Waals surface area contributed by atoms with Crippen molar-refractivity contribution in [2.75, 3.05) is 24.6 Å². The van der Waals surface area contributed by atoms with Crippen molar-refractivity contribution in [2.24, 2.45) is 5.14 Å². The Kier molecular flexibility index (Phi) is 5.66. The van der Waals surface area contributed by atoms with Gasteiger partial charge in [0.2, 0.25) is 5.91 Å². The molecule has 9 nitrogen and oxygen atoms in total. The lowest BCUT2D eigenvalue weighted by molar-refractivity contribution is -0.130. The van der Waals surface area contributed by atoms with Crippen molar-refractivity contribution >= 4 is 40.3 Å². The molecule has 0 spiro atoms. The number of benzene rings is 1. The molecule has 1 amide bonds. The number of rotatable bonds is 4. The predicted molar refractivity (Wildman–Crippen MR) is 130 cm³/mol. The van der Waals surface area contributed by atoms with Crippen molar-refractivity contribution in [3.8, 4) is 22.5 Å². The van der Waals surface area contributed by atoms with Gasteiger partial charge in [-0.15, -0.1) is 0 Å². The first kappa shape index (κ1) is 22.2. The summed E-state index contributed by atoms with van der Waals surface area (Å²) in [6, 6.07) is 4.67. The number of furan rings is 1. The highest BCUT2D eigenvalue weighted by molar-refractivity contribution is 7.97. The van der Waals surface area contributed by atoms with Gasteiger partial charge in [0.15, 0.2) is 11.4 Å². The summed E-state index contributed by atoms with van der Waals surface area (Å²) in [7, 11) is 0. The third kappa shape index (κ3) is 3.76. The Morgan fingerprint density at radius 2 is 2.00 bits per heavy atom. The Bertz CT molecular complexity index is 1390. The molecule has 1 aliphatic rings. The maximum absolute atomic E-state index is 14.8. The topological polar surface area (TPSA) is 142 Å². The van der Waals surface area contributed by atoms with Crippen LogP contribution in [0.3, 0.4) is 0 Å². The molecule has 176 valence electrons. The van der Waals surface area contributed by atoms with E-state index in [9.17, 15) is 9.18 Å². The quantitative estimate of drug-likeness (QED) is 0.295. The van der Waals surface area contributed by atoms with Gasteiger partial charge in [-0.1, -0.05) is 0 Å². The monoisotopic (exact) mass is 481 g/mol. The van der Waals surface area contributed by atoms with Crippen LogP contribution in [0, 0.1) is 5.82 Å². The summed E-state index contributed by atoms with van der Waals surface area (Å²) in [6.45, 7) is 3.01. The summed E-state index contributed by atoms with van der Waals surface area (Å²) >= 11 is 0.857. The minimum absolute atomic E-state index is 0.0958. The van der Waals surface area contributed by atoms with Crippen molar-refractivity contribution in [3.05, 3.63) is 42.6 Å². The van der Waals surface area contributed by atoms with Crippen molar-refractivity contribution in [3.63, 3.8) is 0 Å². The number of aromatic nitrogens is 3. The molecule has 0 saturated carbocycles. The number of piperidine rings is 1. The number of hydrogen-bond donors (Lipinski definition) is 3. The second-order valence-electron chi connectivity index (χ2n) is 8.32. The molecule has 3 aromatic heterocycles. The van der Waals surface area contributed by atoms with Gasteiger partial charge in [0.05, 0.1) is 22.7 Å². The molecule has 0 radical (unpaired) electrons. The standard InChI is InChI=1S/C23H24FN7O2S/c1-12(32)30-6-4-14(5-7-30)31-11-13(9-29-31)16-10-28-23(26)21-15(16)8-19(33-21)20-17(24)2-3-18(25)22(20)34-27/h2-3,8-11,14H,4-7,25,27H2,1H3,(H2,26,28). The molecule has 0 atom stereocenters. The molecule has 0 unspecified atom stereocenters. The number of hydrogen-bond acceptors (Lipinski definition) is 8. The van der Waals surface area contributed by atoms with E-state index >= 15 is 0 Å². The average Bonchev–Trinajstić information content (AvgIpc) is 3.49. The van der Waals surface area contributed by atoms with Crippen molar-refractivity contribution < 1.29 is 13.6 Å². The van der Waals surface area contributed by atoms with Gasteiger partial charge in [-0.3, -0.25) is 14.6 Å². The Balaban J connectivity index is 1.54. The van der Waals surface area contributed by atoms with Gasteiger partial charge in [-0.2, -0.15) is 5.10 Å². The summed E-state index contributed by atoms with van der Waals surface area (Å²) < 4.78 is 22.7. The third-order valence-corrected chi connectivity index (χ3v) is 6.96. The number of fused-ring (bicyclic) bond motifs is 1.